The summed E-state index contributed by atoms with van der Waals surface area (Å²) in [5.74, 6) is 0. The predicted molar refractivity (Wildman–Crippen MR) is 86.9 cm³/mol. The first-order valence-electron chi connectivity index (χ1n) is 6.26. The van der Waals surface area contributed by atoms with Crippen molar-refractivity contribution in [3.63, 3.8) is 0 Å². The van der Waals surface area contributed by atoms with Gasteiger partial charge in [-0.25, -0.2) is 0 Å². The van der Waals surface area contributed by atoms with Crippen molar-refractivity contribution in [2.75, 3.05) is 24.3 Å². The number of halogens is 1. The van der Waals surface area contributed by atoms with Crippen molar-refractivity contribution in [1.29, 1.82) is 0 Å². The van der Waals surface area contributed by atoms with E-state index in [4.69, 9.17) is 11.6 Å². The van der Waals surface area contributed by atoms with Gasteiger partial charge in [-0.05, 0) is 49.1 Å². The molecule has 102 valence electrons. The van der Waals surface area contributed by atoms with Crippen molar-refractivity contribution in [2.45, 2.75) is 19.9 Å². The van der Waals surface area contributed by atoms with Gasteiger partial charge in [0.1, 0.15) is 0 Å². The summed E-state index contributed by atoms with van der Waals surface area (Å²) in [6, 6.07) is 8.54. The number of nitrogens with one attached hydrogen (secondary N) is 1. The Balaban J connectivity index is 2.16. The average molecular weight is 295 g/mol. The Labute approximate surface area is 124 Å². The van der Waals surface area contributed by atoms with E-state index in [1.54, 1.807) is 11.3 Å². The Morgan fingerprint density at radius 1 is 1.26 bits per heavy atom. The van der Waals surface area contributed by atoms with Gasteiger partial charge in [0, 0.05) is 24.7 Å². The molecule has 1 N–H and O–H groups in total. The van der Waals surface area contributed by atoms with Gasteiger partial charge in [-0.2, -0.15) is 0 Å². The highest BCUT2D eigenvalue weighted by Crippen LogP contribution is 2.31. The van der Waals surface area contributed by atoms with E-state index in [0.717, 1.165) is 16.4 Å². The van der Waals surface area contributed by atoms with Crippen LogP contribution >= 0.6 is 22.9 Å². The Morgan fingerprint density at radius 2 is 2.00 bits per heavy atom. The van der Waals surface area contributed by atoms with Gasteiger partial charge < -0.3 is 10.2 Å². The smallest absolute Gasteiger partial charge is 0.0659 e. The van der Waals surface area contributed by atoms with Crippen molar-refractivity contribution in [3.8, 4) is 0 Å². The molecular formula is C15H19ClN2S. The maximum absolute atomic E-state index is 6.28. The molecule has 1 aromatic carbocycles. The van der Waals surface area contributed by atoms with Gasteiger partial charge in [0.25, 0.3) is 0 Å². The molecule has 1 atom stereocenters. The monoisotopic (exact) mass is 294 g/mol. The van der Waals surface area contributed by atoms with Crippen LogP contribution in [-0.2, 0) is 0 Å². The molecule has 0 aliphatic heterocycles. The predicted octanol–water partition coefficient (Wildman–Crippen LogP) is 4.95. The lowest BCUT2D eigenvalue weighted by atomic mass is 10.1. The Morgan fingerprint density at radius 3 is 2.53 bits per heavy atom. The molecule has 0 aliphatic rings. The number of thiophene rings is 1. The summed E-state index contributed by atoms with van der Waals surface area (Å²) in [4.78, 5) is 3.38. The molecular weight excluding hydrogens is 276 g/mol. The third-order valence-corrected chi connectivity index (χ3v) is 4.61. The summed E-state index contributed by atoms with van der Waals surface area (Å²) in [6.07, 6.45) is 0. The van der Waals surface area contributed by atoms with Crippen LogP contribution in [0.3, 0.4) is 0 Å². The minimum absolute atomic E-state index is 0.293. The molecule has 0 spiro atoms. The highest BCUT2D eigenvalue weighted by atomic mass is 35.5. The van der Waals surface area contributed by atoms with Crippen LogP contribution in [0.15, 0.2) is 29.6 Å². The third-order valence-electron chi connectivity index (χ3n) is 3.11. The molecule has 2 nitrogen and oxygen atoms in total. The second-order valence-electron chi connectivity index (χ2n) is 4.89. The fourth-order valence-electron chi connectivity index (χ4n) is 2.10. The molecule has 0 saturated carbocycles. The number of anilines is 2. The molecule has 2 rings (SSSR count). The maximum atomic E-state index is 6.28. The van der Waals surface area contributed by atoms with Crippen LogP contribution in [0.25, 0.3) is 0 Å². The number of aryl methyl sites for hydroxylation is 1. The summed E-state index contributed by atoms with van der Waals surface area (Å²) in [6.45, 7) is 4.32. The molecule has 0 bridgehead atoms. The Hall–Kier alpha value is -1.19. The number of hydrogen-bond acceptors (Lipinski definition) is 3. The number of rotatable bonds is 4. The van der Waals surface area contributed by atoms with Crippen LogP contribution in [0.1, 0.15) is 23.4 Å². The zero-order valence-electron chi connectivity index (χ0n) is 11.7. The van der Waals surface area contributed by atoms with Crippen molar-refractivity contribution in [3.05, 3.63) is 45.1 Å². The van der Waals surface area contributed by atoms with Crippen LogP contribution in [0, 0.1) is 6.92 Å². The maximum Gasteiger partial charge on any atom is 0.0659 e. The first kappa shape index (κ1) is 14.2. The molecule has 0 aliphatic carbocycles. The minimum atomic E-state index is 0.293. The zero-order valence-corrected chi connectivity index (χ0v) is 13.3. The fourth-order valence-corrected chi connectivity index (χ4v) is 3.39. The minimum Gasteiger partial charge on any atom is -0.378 e. The summed E-state index contributed by atoms with van der Waals surface area (Å²) >= 11 is 8.07. The third kappa shape index (κ3) is 3.23. The molecule has 0 saturated heterocycles. The van der Waals surface area contributed by atoms with E-state index in [-0.39, 0.29) is 0 Å². The van der Waals surface area contributed by atoms with E-state index in [2.05, 4.69) is 36.7 Å². The van der Waals surface area contributed by atoms with Crippen LogP contribution in [0.2, 0.25) is 5.02 Å². The van der Waals surface area contributed by atoms with Crippen LogP contribution in [0.5, 0.6) is 0 Å². The highest BCUT2D eigenvalue weighted by molar-refractivity contribution is 7.10. The fraction of sp³-hybridized carbons (Fsp3) is 0.333. The number of benzene rings is 1. The van der Waals surface area contributed by atoms with Crippen molar-refractivity contribution >= 4 is 34.3 Å². The second kappa shape index (κ2) is 5.85. The highest BCUT2D eigenvalue weighted by Gasteiger charge is 2.11. The Bertz CT molecular complexity index is 563. The van der Waals surface area contributed by atoms with Gasteiger partial charge in [0.2, 0.25) is 0 Å². The van der Waals surface area contributed by atoms with Crippen molar-refractivity contribution in [2.24, 2.45) is 0 Å². The van der Waals surface area contributed by atoms with E-state index >= 15 is 0 Å². The molecule has 0 fully saturated rings. The van der Waals surface area contributed by atoms with Crippen molar-refractivity contribution in [1.82, 2.24) is 0 Å². The topological polar surface area (TPSA) is 15.3 Å². The standard InChI is InChI=1S/C15H19ClN2S/c1-10-7-8-19-15(10)11(2)17-12-5-6-14(18(3)4)13(16)9-12/h5-9,11,17H,1-4H3. The van der Waals surface area contributed by atoms with E-state index in [9.17, 15) is 0 Å². The van der Waals surface area contributed by atoms with E-state index in [1.807, 2.05) is 31.1 Å². The van der Waals surface area contributed by atoms with E-state index in [1.165, 1.54) is 10.4 Å². The van der Waals surface area contributed by atoms with Gasteiger partial charge in [0.15, 0.2) is 0 Å². The van der Waals surface area contributed by atoms with Gasteiger partial charge in [-0.3, -0.25) is 0 Å². The first-order valence-corrected chi connectivity index (χ1v) is 7.52. The molecule has 0 radical (unpaired) electrons. The summed E-state index contributed by atoms with van der Waals surface area (Å²) in [7, 11) is 3.98. The normalized spacial score (nSPS) is 12.3. The molecule has 4 heteroatoms. The average Bonchev–Trinajstić information content (AvgIpc) is 2.75. The summed E-state index contributed by atoms with van der Waals surface area (Å²) in [5.41, 5.74) is 3.42. The van der Waals surface area contributed by atoms with Gasteiger partial charge >= 0.3 is 0 Å². The zero-order chi connectivity index (χ0) is 14.0. The van der Waals surface area contributed by atoms with Crippen LogP contribution in [0.4, 0.5) is 11.4 Å². The molecule has 0 amide bonds. The molecule has 1 aromatic heterocycles. The van der Waals surface area contributed by atoms with Gasteiger partial charge in [-0.1, -0.05) is 11.6 Å². The molecule has 2 aromatic rings. The SMILES string of the molecule is Cc1ccsc1C(C)Nc1ccc(N(C)C)c(Cl)c1. The molecule has 19 heavy (non-hydrogen) atoms. The largest absolute Gasteiger partial charge is 0.378 e. The summed E-state index contributed by atoms with van der Waals surface area (Å²) in [5, 5.41) is 6.40. The molecule has 1 heterocycles. The lowest BCUT2D eigenvalue weighted by Crippen LogP contribution is -2.10. The van der Waals surface area contributed by atoms with Gasteiger partial charge in [-0.15, -0.1) is 11.3 Å². The van der Waals surface area contributed by atoms with Crippen molar-refractivity contribution < 1.29 is 0 Å². The van der Waals surface area contributed by atoms with Crippen LogP contribution in [-0.4, -0.2) is 14.1 Å². The second-order valence-corrected chi connectivity index (χ2v) is 6.25. The number of nitrogens with zero attached hydrogens (tertiary/aromatic N) is 1. The number of hydrogen-bond donors (Lipinski definition) is 1. The lowest BCUT2D eigenvalue weighted by molar-refractivity contribution is 0.899. The summed E-state index contributed by atoms with van der Waals surface area (Å²) < 4.78 is 0. The Kier molecular flexibility index (Phi) is 4.38. The first-order chi connectivity index (χ1) is 8.99. The molecule has 1 unspecified atom stereocenters. The van der Waals surface area contributed by atoms with Crippen LogP contribution < -0.4 is 10.2 Å². The quantitative estimate of drug-likeness (QED) is 0.858. The lowest BCUT2D eigenvalue weighted by Gasteiger charge is -2.18. The van der Waals surface area contributed by atoms with Gasteiger partial charge in [0.05, 0.1) is 16.8 Å². The van der Waals surface area contributed by atoms with E-state index < -0.39 is 0 Å². The van der Waals surface area contributed by atoms with E-state index in [0.29, 0.717) is 6.04 Å².